The molecule has 0 atom stereocenters. The summed E-state index contributed by atoms with van der Waals surface area (Å²) < 4.78 is 5.48. The van der Waals surface area contributed by atoms with Gasteiger partial charge in [-0.05, 0) is 42.5 Å². The van der Waals surface area contributed by atoms with E-state index in [-0.39, 0.29) is 5.91 Å². The van der Waals surface area contributed by atoms with Crippen LogP contribution in [-0.2, 0) is 9.53 Å². The number of fused-ring (bicyclic) bond motifs is 1. The minimum absolute atomic E-state index is 0.190. The average molecular weight is 518 g/mol. The topological polar surface area (TPSA) is 110 Å². The molecule has 38 heavy (non-hydrogen) atoms. The highest BCUT2D eigenvalue weighted by molar-refractivity contribution is 5.93. The van der Waals surface area contributed by atoms with Gasteiger partial charge >= 0.3 is 0 Å². The summed E-state index contributed by atoms with van der Waals surface area (Å²) in [5.74, 6) is 6.33. The number of carbonyl (C=O) groups excluding carboxylic acids is 1. The number of nitrogens with zero attached hydrogens (tertiary/aromatic N) is 5. The Morgan fingerprint density at radius 3 is 2.61 bits per heavy atom. The van der Waals surface area contributed by atoms with Crippen molar-refractivity contribution in [2.75, 3.05) is 76.8 Å². The van der Waals surface area contributed by atoms with Gasteiger partial charge in [-0.25, -0.2) is 9.97 Å². The fourth-order valence-electron chi connectivity index (χ4n) is 4.79. The number of ether oxygens (including phenoxy) is 1. The Labute approximate surface area is 223 Å². The summed E-state index contributed by atoms with van der Waals surface area (Å²) in [5, 5.41) is 15.5. The van der Waals surface area contributed by atoms with Crippen molar-refractivity contribution < 1.29 is 14.6 Å². The van der Waals surface area contributed by atoms with Gasteiger partial charge in [-0.2, -0.15) is 0 Å². The summed E-state index contributed by atoms with van der Waals surface area (Å²) in [6, 6.07) is 10.3. The highest BCUT2D eigenvalue weighted by Gasteiger charge is 2.31. The van der Waals surface area contributed by atoms with Crippen molar-refractivity contribution in [1.29, 1.82) is 0 Å². The number of hydrogen-bond acceptors (Lipinski definition) is 8. The number of hydrogen-bond donors (Lipinski definition) is 3. The first-order valence-electron chi connectivity index (χ1n) is 13.1. The Bertz CT molecular complexity index is 1310. The van der Waals surface area contributed by atoms with Crippen molar-refractivity contribution in [2.24, 2.45) is 0 Å². The van der Waals surface area contributed by atoms with E-state index in [0.29, 0.717) is 39.1 Å². The number of anilines is 2. The van der Waals surface area contributed by atoms with Crippen LogP contribution >= 0.6 is 0 Å². The number of aromatic amines is 1. The maximum atomic E-state index is 11.6. The number of carbonyl (C=O) groups is 1. The molecular formula is C28H35N7O3. The molecule has 0 radical (unpaired) electrons. The summed E-state index contributed by atoms with van der Waals surface area (Å²) in [4.78, 5) is 29.9. The lowest BCUT2D eigenvalue weighted by Crippen LogP contribution is -2.48. The first-order valence-corrected chi connectivity index (χ1v) is 13.1. The highest BCUT2D eigenvalue weighted by Crippen LogP contribution is 2.30. The van der Waals surface area contributed by atoms with E-state index >= 15 is 0 Å². The molecule has 1 aromatic carbocycles. The van der Waals surface area contributed by atoms with Crippen LogP contribution in [0.3, 0.4) is 0 Å². The highest BCUT2D eigenvalue weighted by atomic mass is 16.5. The fourth-order valence-corrected chi connectivity index (χ4v) is 4.79. The van der Waals surface area contributed by atoms with Crippen LogP contribution in [0, 0.1) is 11.8 Å². The van der Waals surface area contributed by atoms with E-state index in [1.807, 2.05) is 12.1 Å². The maximum Gasteiger partial charge on any atom is 0.297 e. The van der Waals surface area contributed by atoms with Gasteiger partial charge in [-0.15, -0.1) is 0 Å². The molecular weight excluding hydrogens is 482 g/mol. The van der Waals surface area contributed by atoms with Gasteiger partial charge in [0.25, 0.3) is 5.91 Å². The third kappa shape index (κ3) is 6.07. The predicted molar refractivity (Wildman–Crippen MR) is 148 cm³/mol. The van der Waals surface area contributed by atoms with E-state index in [0.717, 1.165) is 60.0 Å². The molecule has 0 unspecified atom stereocenters. The summed E-state index contributed by atoms with van der Waals surface area (Å²) in [6.45, 7) is 5.58. The van der Waals surface area contributed by atoms with Crippen molar-refractivity contribution in [3.8, 4) is 23.1 Å². The zero-order valence-corrected chi connectivity index (χ0v) is 22.0. The molecule has 0 aliphatic carbocycles. The number of H-pyrrole nitrogens is 1. The molecule has 2 aliphatic rings. The third-order valence-electron chi connectivity index (χ3n) is 7.22. The normalized spacial score (nSPS) is 17.6. The number of piperidine rings is 1. The molecule has 2 aromatic heterocycles. The van der Waals surface area contributed by atoms with E-state index in [9.17, 15) is 9.90 Å². The smallest absolute Gasteiger partial charge is 0.297 e. The molecule has 2 saturated heterocycles. The second kappa shape index (κ2) is 11.4. The molecule has 0 bridgehead atoms. The van der Waals surface area contributed by atoms with Gasteiger partial charge in [0.2, 0.25) is 0 Å². The quantitative estimate of drug-likeness (QED) is 0.425. The summed E-state index contributed by atoms with van der Waals surface area (Å²) >= 11 is 0. The molecule has 1 amide bonds. The zero-order chi connectivity index (χ0) is 26.5. The second-order valence-corrected chi connectivity index (χ2v) is 10.2. The number of morpholine rings is 1. The van der Waals surface area contributed by atoms with Crippen molar-refractivity contribution >= 4 is 28.4 Å². The summed E-state index contributed by atoms with van der Waals surface area (Å²) in [7, 11) is 3.38. The lowest BCUT2D eigenvalue weighted by Gasteiger charge is -2.37. The van der Waals surface area contributed by atoms with E-state index in [1.165, 1.54) is 4.90 Å². The van der Waals surface area contributed by atoms with Crippen LogP contribution in [0.4, 0.5) is 11.5 Å². The Morgan fingerprint density at radius 2 is 1.89 bits per heavy atom. The van der Waals surface area contributed by atoms with Gasteiger partial charge < -0.3 is 29.9 Å². The molecule has 3 aromatic rings. The average Bonchev–Trinajstić information content (AvgIpc) is 3.38. The lowest BCUT2D eigenvalue weighted by molar-refractivity contribution is -0.122. The first-order chi connectivity index (χ1) is 18.4. The van der Waals surface area contributed by atoms with Crippen LogP contribution in [-0.4, -0.2) is 108 Å². The zero-order valence-electron chi connectivity index (χ0n) is 22.0. The molecule has 10 nitrogen and oxygen atoms in total. The van der Waals surface area contributed by atoms with Crippen LogP contribution < -0.4 is 10.2 Å². The van der Waals surface area contributed by atoms with Crippen molar-refractivity contribution in [3.63, 3.8) is 0 Å². The minimum atomic E-state index is -0.770. The second-order valence-electron chi connectivity index (χ2n) is 10.2. The first kappa shape index (κ1) is 26.0. The molecule has 10 heteroatoms. The Kier molecular flexibility index (Phi) is 7.79. The molecule has 200 valence electrons. The lowest BCUT2D eigenvalue weighted by atomic mass is 9.91. The number of aromatic nitrogens is 3. The van der Waals surface area contributed by atoms with Crippen molar-refractivity contribution in [3.05, 3.63) is 36.7 Å². The van der Waals surface area contributed by atoms with Crippen LogP contribution in [0.1, 0.15) is 12.8 Å². The summed E-state index contributed by atoms with van der Waals surface area (Å²) in [5.41, 5.74) is 3.06. The standard InChI is InChI=1S/C28H35N7O3/c1-33(2)25(36)4-3-11-34-12-9-28(37,10-13-34)19-29-22-7-5-21(6-8-22)24-18-23-26(32-24)30-20-31-27(23)35-14-16-38-17-15-35/h5-8,18,20,29,37H,9-17,19H2,1-2H3,(H,30,31,32). The number of rotatable bonds is 6. The Balaban J connectivity index is 1.16. The van der Waals surface area contributed by atoms with Gasteiger partial charge in [0.05, 0.1) is 30.7 Å². The van der Waals surface area contributed by atoms with Gasteiger partial charge in [0.1, 0.15) is 17.8 Å². The molecule has 0 spiro atoms. The summed E-state index contributed by atoms with van der Waals surface area (Å²) in [6.07, 6.45) is 2.92. The van der Waals surface area contributed by atoms with E-state index in [1.54, 1.807) is 20.4 Å². The number of likely N-dealkylation sites (tertiary alicyclic amines) is 1. The van der Waals surface area contributed by atoms with Gasteiger partial charge in [-0.3, -0.25) is 9.69 Å². The SMILES string of the molecule is CN(C)C(=O)C#CCN1CCC(O)(CNc2ccc(-c3cc4c(N5CCOCC5)ncnc4[nH]3)cc2)CC1. The molecule has 3 N–H and O–H groups in total. The monoisotopic (exact) mass is 517 g/mol. The van der Waals surface area contributed by atoms with E-state index in [2.05, 4.69) is 60.1 Å². The van der Waals surface area contributed by atoms with Crippen molar-refractivity contribution in [2.45, 2.75) is 18.4 Å². The Morgan fingerprint density at radius 1 is 1.16 bits per heavy atom. The maximum absolute atomic E-state index is 11.6. The third-order valence-corrected chi connectivity index (χ3v) is 7.22. The number of amides is 1. The van der Waals surface area contributed by atoms with Gasteiger partial charge in [-0.1, -0.05) is 18.1 Å². The van der Waals surface area contributed by atoms with E-state index < -0.39 is 5.60 Å². The largest absolute Gasteiger partial charge is 0.388 e. The molecule has 0 saturated carbocycles. The molecule has 2 fully saturated rings. The minimum Gasteiger partial charge on any atom is -0.388 e. The molecule has 2 aliphatic heterocycles. The predicted octanol–water partition coefficient (Wildman–Crippen LogP) is 1.79. The van der Waals surface area contributed by atoms with Gasteiger partial charge in [0.15, 0.2) is 0 Å². The van der Waals surface area contributed by atoms with Crippen LogP contribution in [0.2, 0.25) is 0 Å². The number of aliphatic hydroxyl groups is 1. The van der Waals surface area contributed by atoms with Crippen molar-refractivity contribution in [1.82, 2.24) is 24.8 Å². The Hall–Kier alpha value is -3.65. The number of benzene rings is 1. The fraction of sp³-hybridized carbons (Fsp3) is 0.464. The van der Waals surface area contributed by atoms with E-state index in [4.69, 9.17) is 4.74 Å². The van der Waals surface area contributed by atoms with Crippen LogP contribution in [0.25, 0.3) is 22.3 Å². The van der Waals surface area contributed by atoms with Crippen LogP contribution in [0.5, 0.6) is 0 Å². The van der Waals surface area contributed by atoms with Gasteiger partial charge in [0, 0.05) is 58.2 Å². The number of nitrogens with one attached hydrogen (secondary N) is 2. The molecule has 5 rings (SSSR count). The molecule has 4 heterocycles. The van der Waals surface area contributed by atoms with Crippen LogP contribution in [0.15, 0.2) is 36.7 Å².